The molecule has 0 saturated carbocycles. The van der Waals surface area contributed by atoms with Crippen LogP contribution in [0, 0.1) is 12.8 Å². The monoisotopic (exact) mass is 217 g/mol. The van der Waals surface area contributed by atoms with Crippen LogP contribution in [-0.2, 0) is 11.2 Å². The SMILES string of the molecule is Cc1cccc2c1CC(CCC(N)=O)[C@@H]2C. The molecule has 0 saturated heterocycles. The quantitative estimate of drug-likeness (QED) is 0.830. The smallest absolute Gasteiger partial charge is 0.217 e. The zero-order valence-electron chi connectivity index (χ0n) is 9.99. The van der Waals surface area contributed by atoms with Crippen molar-refractivity contribution >= 4 is 5.91 Å². The van der Waals surface area contributed by atoms with E-state index < -0.39 is 0 Å². The van der Waals surface area contributed by atoms with E-state index in [-0.39, 0.29) is 5.91 Å². The van der Waals surface area contributed by atoms with Crippen LogP contribution in [0.15, 0.2) is 18.2 Å². The van der Waals surface area contributed by atoms with Gasteiger partial charge in [-0.05, 0) is 48.3 Å². The first-order chi connectivity index (χ1) is 7.59. The molecule has 2 heteroatoms. The molecular weight excluding hydrogens is 198 g/mol. The zero-order valence-corrected chi connectivity index (χ0v) is 9.99. The molecule has 1 aliphatic carbocycles. The van der Waals surface area contributed by atoms with E-state index in [2.05, 4.69) is 32.0 Å². The summed E-state index contributed by atoms with van der Waals surface area (Å²) in [5.74, 6) is 0.970. The minimum absolute atomic E-state index is 0.181. The van der Waals surface area contributed by atoms with Crippen molar-refractivity contribution in [3.05, 3.63) is 34.9 Å². The molecule has 0 aromatic heterocycles. The molecule has 1 aromatic carbocycles. The van der Waals surface area contributed by atoms with Gasteiger partial charge in [0.2, 0.25) is 5.91 Å². The Labute approximate surface area is 96.8 Å². The molecule has 1 unspecified atom stereocenters. The van der Waals surface area contributed by atoms with E-state index in [4.69, 9.17) is 5.73 Å². The molecule has 0 aliphatic heterocycles. The lowest BCUT2D eigenvalue weighted by molar-refractivity contribution is -0.118. The molecule has 86 valence electrons. The van der Waals surface area contributed by atoms with Gasteiger partial charge < -0.3 is 5.73 Å². The third kappa shape index (κ3) is 1.97. The van der Waals surface area contributed by atoms with Gasteiger partial charge in [-0.1, -0.05) is 25.1 Å². The van der Waals surface area contributed by atoms with E-state index in [1.165, 1.54) is 16.7 Å². The second-order valence-corrected chi connectivity index (χ2v) is 4.90. The number of aryl methyl sites for hydroxylation is 1. The highest BCUT2D eigenvalue weighted by Crippen LogP contribution is 2.41. The first-order valence-electron chi connectivity index (χ1n) is 5.96. The highest BCUT2D eigenvalue weighted by Gasteiger charge is 2.29. The van der Waals surface area contributed by atoms with Crippen LogP contribution in [0.2, 0.25) is 0 Å². The predicted octanol–water partition coefficient (Wildman–Crippen LogP) is 2.54. The van der Waals surface area contributed by atoms with Crippen molar-refractivity contribution in [2.45, 2.75) is 39.0 Å². The Hall–Kier alpha value is -1.31. The summed E-state index contributed by atoms with van der Waals surface area (Å²) in [6.07, 6.45) is 2.54. The average Bonchev–Trinajstić information content (AvgIpc) is 2.55. The molecule has 0 heterocycles. The van der Waals surface area contributed by atoms with Crippen molar-refractivity contribution in [1.29, 1.82) is 0 Å². The number of nitrogens with two attached hydrogens (primary N) is 1. The fraction of sp³-hybridized carbons (Fsp3) is 0.500. The highest BCUT2D eigenvalue weighted by atomic mass is 16.1. The fourth-order valence-electron chi connectivity index (χ4n) is 2.80. The second-order valence-electron chi connectivity index (χ2n) is 4.90. The van der Waals surface area contributed by atoms with Crippen LogP contribution in [-0.4, -0.2) is 5.91 Å². The lowest BCUT2D eigenvalue weighted by Gasteiger charge is -2.14. The van der Waals surface area contributed by atoms with Crippen LogP contribution >= 0.6 is 0 Å². The van der Waals surface area contributed by atoms with Gasteiger partial charge in [-0.3, -0.25) is 4.79 Å². The van der Waals surface area contributed by atoms with Gasteiger partial charge in [0.25, 0.3) is 0 Å². The summed E-state index contributed by atoms with van der Waals surface area (Å²) in [6.45, 7) is 4.43. The topological polar surface area (TPSA) is 43.1 Å². The summed E-state index contributed by atoms with van der Waals surface area (Å²) in [4.78, 5) is 10.8. The minimum atomic E-state index is -0.181. The van der Waals surface area contributed by atoms with Crippen LogP contribution in [0.3, 0.4) is 0 Å². The Bertz CT molecular complexity index is 411. The number of amides is 1. The summed E-state index contributed by atoms with van der Waals surface area (Å²) in [5.41, 5.74) is 9.55. The van der Waals surface area contributed by atoms with E-state index in [0.29, 0.717) is 18.3 Å². The third-order valence-electron chi connectivity index (χ3n) is 3.87. The fourth-order valence-corrected chi connectivity index (χ4v) is 2.80. The van der Waals surface area contributed by atoms with Crippen molar-refractivity contribution in [1.82, 2.24) is 0 Å². The Morgan fingerprint density at radius 3 is 2.88 bits per heavy atom. The van der Waals surface area contributed by atoms with Crippen molar-refractivity contribution in [3.8, 4) is 0 Å². The third-order valence-corrected chi connectivity index (χ3v) is 3.87. The van der Waals surface area contributed by atoms with Gasteiger partial charge in [-0.15, -0.1) is 0 Å². The molecule has 2 atom stereocenters. The van der Waals surface area contributed by atoms with E-state index in [0.717, 1.165) is 12.8 Å². The summed E-state index contributed by atoms with van der Waals surface area (Å²) in [5, 5.41) is 0. The van der Waals surface area contributed by atoms with Crippen molar-refractivity contribution in [3.63, 3.8) is 0 Å². The molecule has 1 aliphatic rings. The summed E-state index contributed by atoms with van der Waals surface area (Å²) in [6, 6.07) is 6.51. The standard InChI is InChI=1S/C14H19NO/c1-9-4-3-5-12-10(2)11(8-13(9)12)6-7-14(15)16/h3-5,10-11H,6-8H2,1-2H3,(H2,15,16)/t10-,11?/m0/s1. The lowest BCUT2D eigenvalue weighted by Crippen LogP contribution is -2.14. The summed E-state index contributed by atoms with van der Waals surface area (Å²) >= 11 is 0. The Balaban J connectivity index is 2.14. The van der Waals surface area contributed by atoms with Crippen LogP contribution < -0.4 is 5.73 Å². The van der Waals surface area contributed by atoms with E-state index in [9.17, 15) is 4.79 Å². The minimum Gasteiger partial charge on any atom is -0.370 e. The van der Waals surface area contributed by atoms with Crippen molar-refractivity contribution in [2.75, 3.05) is 0 Å². The first-order valence-corrected chi connectivity index (χ1v) is 5.96. The number of hydrogen-bond donors (Lipinski definition) is 1. The number of benzene rings is 1. The molecule has 16 heavy (non-hydrogen) atoms. The van der Waals surface area contributed by atoms with Crippen LogP contribution in [0.5, 0.6) is 0 Å². The van der Waals surface area contributed by atoms with Crippen molar-refractivity contribution < 1.29 is 4.79 Å². The Kier molecular flexibility index (Phi) is 2.99. The number of fused-ring (bicyclic) bond motifs is 1. The molecule has 2 rings (SSSR count). The highest BCUT2D eigenvalue weighted by molar-refractivity contribution is 5.73. The molecule has 0 spiro atoms. The van der Waals surface area contributed by atoms with Gasteiger partial charge in [0, 0.05) is 6.42 Å². The molecule has 1 amide bonds. The molecule has 2 N–H and O–H groups in total. The lowest BCUT2D eigenvalue weighted by atomic mass is 9.90. The Morgan fingerprint density at radius 1 is 1.50 bits per heavy atom. The van der Waals surface area contributed by atoms with E-state index in [1.807, 2.05) is 0 Å². The molecule has 0 fully saturated rings. The normalized spacial score (nSPS) is 23.1. The van der Waals surface area contributed by atoms with Gasteiger partial charge >= 0.3 is 0 Å². The summed E-state index contributed by atoms with van der Waals surface area (Å²) in [7, 11) is 0. The molecule has 2 nitrogen and oxygen atoms in total. The second kappa shape index (κ2) is 4.28. The van der Waals surface area contributed by atoms with Gasteiger partial charge in [0.1, 0.15) is 0 Å². The molecule has 0 bridgehead atoms. The number of rotatable bonds is 3. The maximum Gasteiger partial charge on any atom is 0.217 e. The molecular formula is C14H19NO. The van der Waals surface area contributed by atoms with Crippen LogP contribution in [0.25, 0.3) is 0 Å². The molecule has 0 radical (unpaired) electrons. The van der Waals surface area contributed by atoms with Gasteiger partial charge in [0.05, 0.1) is 0 Å². The Morgan fingerprint density at radius 2 is 2.25 bits per heavy atom. The number of carbonyl (C=O) groups excluding carboxylic acids is 1. The number of hydrogen-bond acceptors (Lipinski definition) is 1. The van der Waals surface area contributed by atoms with Crippen LogP contribution in [0.1, 0.15) is 42.4 Å². The number of carbonyl (C=O) groups is 1. The average molecular weight is 217 g/mol. The van der Waals surface area contributed by atoms with Crippen molar-refractivity contribution in [2.24, 2.45) is 11.7 Å². The van der Waals surface area contributed by atoms with E-state index in [1.54, 1.807) is 0 Å². The van der Waals surface area contributed by atoms with Gasteiger partial charge in [-0.25, -0.2) is 0 Å². The maximum atomic E-state index is 10.8. The first kappa shape index (κ1) is 11.2. The van der Waals surface area contributed by atoms with Gasteiger partial charge in [0.15, 0.2) is 0 Å². The predicted molar refractivity (Wildman–Crippen MR) is 65.2 cm³/mol. The molecule has 1 aromatic rings. The zero-order chi connectivity index (χ0) is 11.7. The van der Waals surface area contributed by atoms with Gasteiger partial charge in [-0.2, -0.15) is 0 Å². The summed E-state index contributed by atoms with van der Waals surface area (Å²) < 4.78 is 0. The van der Waals surface area contributed by atoms with Crippen LogP contribution in [0.4, 0.5) is 0 Å². The van der Waals surface area contributed by atoms with E-state index >= 15 is 0 Å². The largest absolute Gasteiger partial charge is 0.370 e. The maximum absolute atomic E-state index is 10.8. The number of primary amides is 1.